The maximum Gasteiger partial charge on any atom is 0.419 e. The van der Waals surface area contributed by atoms with Gasteiger partial charge in [-0.3, -0.25) is 0 Å². The van der Waals surface area contributed by atoms with E-state index >= 15 is 0 Å². The van der Waals surface area contributed by atoms with E-state index < -0.39 is 11.7 Å². The van der Waals surface area contributed by atoms with Crippen molar-refractivity contribution in [3.05, 3.63) is 65.6 Å². The van der Waals surface area contributed by atoms with Crippen molar-refractivity contribution in [2.24, 2.45) is 0 Å². The molecule has 3 rings (SSSR count). The molecule has 0 atom stereocenters. The summed E-state index contributed by atoms with van der Waals surface area (Å²) >= 11 is 0. The van der Waals surface area contributed by atoms with Crippen molar-refractivity contribution in [2.75, 3.05) is 0 Å². The molecule has 0 saturated carbocycles. The van der Waals surface area contributed by atoms with Gasteiger partial charge in [0, 0.05) is 5.52 Å². The van der Waals surface area contributed by atoms with Gasteiger partial charge in [0.25, 0.3) is 0 Å². The van der Waals surface area contributed by atoms with Gasteiger partial charge >= 0.3 is 6.18 Å². The number of alkyl halides is 3. The van der Waals surface area contributed by atoms with Gasteiger partial charge in [0.2, 0.25) is 0 Å². The van der Waals surface area contributed by atoms with Crippen LogP contribution in [0.4, 0.5) is 17.6 Å². The van der Waals surface area contributed by atoms with Crippen LogP contribution in [-0.2, 0) is 12.8 Å². The molecular formula is C16H11F4NO. The number of hydrogen-bond acceptors (Lipinski definition) is 1. The summed E-state index contributed by atoms with van der Waals surface area (Å²) in [5, 5.41) is 0.768. The summed E-state index contributed by atoms with van der Waals surface area (Å²) in [5.74, 6) is -0.621. The standard InChI is InChI=1S/C16H11F4NO/c17-11-6-5-10-7-12(21-14(10)8-11)9-22-15-4-2-1-3-13(15)16(18,19)20/h1-8,21H,9H2. The summed E-state index contributed by atoms with van der Waals surface area (Å²) < 4.78 is 56.9. The third-order valence-corrected chi connectivity index (χ3v) is 3.22. The maximum atomic E-state index is 13.1. The molecule has 0 amide bonds. The summed E-state index contributed by atoms with van der Waals surface area (Å²) in [4.78, 5) is 2.92. The molecule has 0 bridgehead atoms. The number of aromatic nitrogens is 1. The number of ether oxygens (including phenoxy) is 1. The summed E-state index contributed by atoms with van der Waals surface area (Å²) in [7, 11) is 0. The molecule has 0 aliphatic rings. The Morgan fingerprint density at radius 2 is 1.77 bits per heavy atom. The molecule has 1 N–H and O–H groups in total. The maximum absolute atomic E-state index is 13.1. The molecule has 6 heteroatoms. The Bertz CT molecular complexity index is 807. The first-order chi connectivity index (χ1) is 10.4. The number of halogens is 4. The SMILES string of the molecule is Fc1ccc2cc(COc3ccccc3C(F)(F)F)[nH]c2c1. The van der Waals surface area contributed by atoms with Crippen molar-refractivity contribution >= 4 is 10.9 Å². The molecule has 0 unspecified atom stereocenters. The van der Waals surface area contributed by atoms with Gasteiger partial charge in [-0.05, 0) is 41.8 Å². The second kappa shape index (κ2) is 5.36. The molecule has 2 nitrogen and oxygen atoms in total. The van der Waals surface area contributed by atoms with Gasteiger partial charge in [0.1, 0.15) is 18.2 Å². The van der Waals surface area contributed by atoms with Gasteiger partial charge in [-0.25, -0.2) is 4.39 Å². The van der Waals surface area contributed by atoms with E-state index in [4.69, 9.17) is 4.74 Å². The Labute approximate surface area is 123 Å². The van der Waals surface area contributed by atoms with Crippen LogP contribution in [0.2, 0.25) is 0 Å². The Hall–Kier alpha value is -2.50. The fraction of sp³-hybridized carbons (Fsp3) is 0.125. The number of aromatic amines is 1. The lowest BCUT2D eigenvalue weighted by Crippen LogP contribution is -2.08. The van der Waals surface area contributed by atoms with Crippen molar-refractivity contribution < 1.29 is 22.3 Å². The van der Waals surface area contributed by atoms with Crippen molar-refractivity contribution in [2.45, 2.75) is 12.8 Å². The van der Waals surface area contributed by atoms with Gasteiger partial charge in [0.05, 0.1) is 11.3 Å². The molecule has 0 spiro atoms. The zero-order valence-corrected chi connectivity index (χ0v) is 11.2. The minimum absolute atomic E-state index is 0.0661. The smallest absolute Gasteiger partial charge is 0.419 e. The van der Waals surface area contributed by atoms with Crippen LogP contribution in [-0.4, -0.2) is 4.98 Å². The highest BCUT2D eigenvalue weighted by Crippen LogP contribution is 2.36. The van der Waals surface area contributed by atoms with E-state index in [0.29, 0.717) is 11.2 Å². The first kappa shape index (κ1) is 14.4. The second-order valence-electron chi connectivity index (χ2n) is 4.81. The number of para-hydroxylation sites is 1. The van der Waals surface area contributed by atoms with E-state index in [1.165, 1.54) is 30.3 Å². The molecule has 1 heterocycles. The molecule has 0 fully saturated rings. The van der Waals surface area contributed by atoms with E-state index in [-0.39, 0.29) is 18.2 Å². The average Bonchev–Trinajstić information content (AvgIpc) is 2.86. The van der Waals surface area contributed by atoms with Gasteiger partial charge in [0.15, 0.2) is 0 Å². The van der Waals surface area contributed by atoms with Crippen LogP contribution in [0, 0.1) is 5.82 Å². The van der Waals surface area contributed by atoms with Crippen molar-refractivity contribution in [3.8, 4) is 5.75 Å². The predicted octanol–water partition coefficient (Wildman–Crippen LogP) is 4.90. The van der Waals surface area contributed by atoms with Gasteiger partial charge in [-0.1, -0.05) is 12.1 Å². The van der Waals surface area contributed by atoms with E-state index in [0.717, 1.165) is 11.5 Å². The average molecular weight is 309 g/mol. The molecule has 114 valence electrons. The lowest BCUT2D eigenvalue weighted by molar-refractivity contribution is -0.139. The van der Waals surface area contributed by atoms with Crippen LogP contribution >= 0.6 is 0 Å². The molecule has 3 aromatic rings. The minimum Gasteiger partial charge on any atom is -0.487 e. The van der Waals surface area contributed by atoms with Crippen LogP contribution in [0.25, 0.3) is 10.9 Å². The van der Waals surface area contributed by atoms with E-state index in [1.54, 1.807) is 12.1 Å². The first-order valence-electron chi connectivity index (χ1n) is 6.50. The van der Waals surface area contributed by atoms with Crippen LogP contribution in [0.15, 0.2) is 48.5 Å². The fourth-order valence-corrected chi connectivity index (χ4v) is 2.22. The minimum atomic E-state index is -4.47. The van der Waals surface area contributed by atoms with E-state index in [2.05, 4.69) is 4.98 Å². The lowest BCUT2D eigenvalue weighted by Gasteiger charge is -2.13. The quantitative estimate of drug-likeness (QED) is 0.684. The largest absolute Gasteiger partial charge is 0.487 e. The van der Waals surface area contributed by atoms with Crippen molar-refractivity contribution in [1.82, 2.24) is 4.98 Å². The predicted molar refractivity (Wildman–Crippen MR) is 74.0 cm³/mol. The molecular weight excluding hydrogens is 298 g/mol. The third-order valence-electron chi connectivity index (χ3n) is 3.22. The normalized spacial score (nSPS) is 11.8. The molecule has 0 aliphatic heterocycles. The molecule has 22 heavy (non-hydrogen) atoms. The van der Waals surface area contributed by atoms with E-state index in [1.807, 2.05) is 0 Å². The van der Waals surface area contributed by atoms with Gasteiger partial charge in [-0.15, -0.1) is 0 Å². The number of hydrogen-bond donors (Lipinski definition) is 1. The van der Waals surface area contributed by atoms with Crippen LogP contribution in [0.5, 0.6) is 5.75 Å². The summed E-state index contributed by atoms with van der Waals surface area (Å²) in [6.45, 7) is -0.0661. The highest BCUT2D eigenvalue weighted by molar-refractivity contribution is 5.80. The van der Waals surface area contributed by atoms with E-state index in [9.17, 15) is 17.6 Å². The molecule has 0 radical (unpaired) electrons. The molecule has 2 aromatic carbocycles. The summed E-state index contributed by atoms with van der Waals surface area (Å²) in [6.07, 6.45) is -4.47. The summed E-state index contributed by atoms with van der Waals surface area (Å²) in [5.41, 5.74) is 0.317. The lowest BCUT2D eigenvalue weighted by atomic mass is 10.2. The first-order valence-corrected chi connectivity index (χ1v) is 6.50. The van der Waals surface area contributed by atoms with Gasteiger partial charge < -0.3 is 9.72 Å². The van der Waals surface area contributed by atoms with Crippen LogP contribution in [0.3, 0.4) is 0 Å². The number of H-pyrrole nitrogens is 1. The zero-order valence-electron chi connectivity index (χ0n) is 11.2. The molecule has 0 saturated heterocycles. The van der Waals surface area contributed by atoms with Crippen molar-refractivity contribution in [3.63, 3.8) is 0 Å². The number of rotatable bonds is 3. The number of benzene rings is 2. The topological polar surface area (TPSA) is 25.0 Å². The second-order valence-corrected chi connectivity index (χ2v) is 4.81. The Morgan fingerprint density at radius 3 is 2.55 bits per heavy atom. The van der Waals surface area contributed by atoms with Crippen LogP contribution < -0.4 is 4.74 Å². The Kier molecular flexibility index (Phi) is 3.52. The third kappa shape index (κ3) is 2.90. The highest BCUT2D eigenvalue weighted by Gasteiger charge is 2.34. The number of fused-ring (bicyclic) bond motifs is 1. The monoisotopic (exact) mass is 309 g/mol. The van der Waals surface area contributed by atoms with Crippen LogP contribution in [0.1, 0.15) is 11.3 Å². The highest BCUT2D eigenvalue weighted by atomic mass is 19.4. The zero-order chi connectivity index (χ0) is 15.7. The Balaban J connectivity index is 1.82. The summed E-state index contributed by atoms with van der Waals surface area (Å²) in [6, 6.07) is 11.0. The molecule has 0 aliphatic carbocycles. The van der Waals surface area contributed by atoms with Gasteiger partial charge in [-0.2, -0.15) is 13.2 Å². The number of nitrogens with one attached hydrogen (secondary N) is 1. The molecule has 1 aromatic heterocycles. The fourth-order valence-electron chi connectivity index (χ4n) is 2.22. The Morgan fingerprint density at radius 1 is 1.00 bits per heavy atom. The van der Waals surface area contributed by atoms with Crippen molar-refractivity contribution in [1.29, 1.82) is 0 Å².